The van der Waals surface area contributed by atoms with E-state index in [-0.39, 0.29) is 30.9 Å². The molecule has 4 rings (SSSR count). The van der Waals surface area contributed by atoms with E-state index < -0.39 is 16.1 Å². The number of fused-ring (bicyclic) bond motifs is 1. The number of nitrogens with one attached hydrogen (secondary N) is 2. The van der Waals surface area contributed by atoms with Crippen molar-refractivity contribution >= 4 is 27.7 Å². The Hall–Kier alpha value is -2.29. The number of rotatable bonds is 11. The second-order valence-electron chi connectivity index (χ2n) is 9.28. The molecular weight excluding hydrogens is 488 g/mol. The zero-order valence-corrected chi connectivity index (χ0v) is 21.5. The van der Waals surface area contributed by atoms with Gasteiger partial charge in [-0.05, 0) is 85.9 Å². The van der Waals surface area contributed by atoms with Crippen LogP contribution in [0.15, 0.2) is 42.5 Å². The zero-order valence-electron chi connectivity index (χ0n) is 20.0. The molecule has 1 fully saturated rings. The van der Waals surface area contributed by atoms with E-state index in [2.05, 4.69) is 16.1 Å². The van der Waals surface area contributed by atoms with Crippen LogP contribution in [0.4, 0.5) is 4.79 Å². The van der Waals surface area contributed by atoms with E-state index in [0.717, 1.165) is 36.8 Å². The molecule has 0 bridgehead atoms. The predicted molar refractivity (Wildman–Crippen MR) is 137 cm³/mol. The number of halogens is 1. The molecule has 0 aromatic heterocycles. The van der Waals surface area contributed by atoms with Gasteiger partial charge in [0.15, 0.2) is 0 Å². The lowest BCUT2D eigenvalue weighted by Crippen LogP contribution is -2.43. The van der Waals surface area contributed by atoms with E-state index >= 15 is 0 Å². The second-order valence-corrected chi connectivity index (χ2v) is 11.6. The lowest BCUT2D eigenvalue weighted by Gasteiger charge is -2.34. The monoisotopic (exact) mass is 520 g/mol. The third-order valence-corrected chi connectivity index (χ3v) is 8.28. The smallest absolute Gasteiger partial charge is 0.407 e. The van der Waals surface area contributed by atoms with Crippen molar-refractivity contribution in [3.8, 4) is 5.75 Å². The molecule has 0 radical (unpaired) electrons. The van der Waals surface area contributed by atoms with E-state index in [4.69, 9.17) is 21.1 Å². The van der Waals surface area contributed by atoms with Crippen molar-refractivity contribution in [2.75, 3.05) is 25.5 Å². The van der Waals surface area contributed by atoms with E-state index in [9.17, 15) is 13.2 Å². The highest BCUT2D eigenvalue weighted by Crippen LogP contribution is 2.37. The van der Waals surface area contributed by atoms with Gasteiger partial charge in [-0.15, -0.1) is 0 Å². The van der Waals surface area contributed by atoms with Gasteiger partial charge in [-0.3, -0.25) is 0 Å². The Kier molecular flexibility index (Phi) is 8.57. The first kappa shape index (κ1) is 25.8. The molecule has 1 saturated carbocycles. The fraction of sp³-hybridized carbons (Fsp3) is 0.500. The number of benzene rings is 2. The van der Waals surface area contributed by atoms with Crippen LogP contribution in [0.3, 0.4) is 0 Å². The number of hydrogen-bond acceptors (Lipinski definition) is 5. The van der Waals surface area contributed by atoms with Gasteiger partial charge in [-0.2, -0.15) is 0 Å². The highest BCUT2D eigenvalue weighted by atomic mass is 35.5. The molecule has 35 heavy (non-hydrogen) atoms. The molecule has 0 heterocycles. The Bertz CT molecular complexity index is 1140. The summed E-state index contributed by atoms with van der Waals surface area (Å²) in [7, 11) is -3.25. The predicted octanol–water partition coefficient (Wildman–Crippen LogP) is 4.44. The molecule has 2 unspecified atom stereocenters. The summed E-state index contributed by atoms with van der Waals surface area (Å²) in [6.07, 6.45) is 3.92. The second kappa shape index (κ2) is 11.6. The number of aryl methyl sites for hydroxylation is 1. The van der Waals surface area contributed by atoms with Crippen LogP contribution in [-0.2, 0) is 27.6 Å². The Morgan fingerprint density at radius 2 is 1.97 bits per heavy atom. The molecular formula is C26H33ClN2O5S. The lowest BCUT2D eigenvalue weighted by atomic mass is 9.76. The van der Waals surface area contributed by atoms with Crippen molar-refractivity contribution in [3.05, 3.63) is 64.2 Å². The molecule has 1 amide bonds. The van der Waals surface area contributed by atoms with Gasteiger partial charge in [0.05, 0.1) is 12.4 Å². The van der Waals surface area contributed by atoms with Crippen LogP contribution in [0.5, 0.6) is 5.75 Å². The van der Waals surface area contributed by atoms with Gasteiger partial charge in [-0.25, -0.2) is 17.9 Å². The summed E-state index contributed by atoms with van der Waals surface area (Å²) in [6.45, 7) is 2.57. The van der Waals surface area contributed by atoms with Crippen LogP contribution >= 0.6 is 11.6 Å². The van der Waals surface area contributed by atoms with Crippen molar-refractivity contribution in [1.29, 1.82) is 0 Å². The van der Waals surface area contributed by atoms with Gasteiger partial charge in [-0.1, -0.05) is 29.8 Å². The maximum atomic E-state index is 12.2. The number of carbonyl (C=O) groups is 1. The zero-order chi connectivity index (χ0) is 24.8. The van der Waals surface area contributed by atoms with Crippen LogP contribution in [0, 0.1) is 5.92 Å². The lowest BCUT2D eigenvalue weighted by molar-refractivity contribution is 0.144. The van der Waals surface area contributed by atoms with Gasteiger partial charge < -0.3 is 14.8 Å². The molecule has 0 saturated heterocycles. The fourth-order valence-electron chi connectivity index (χ4n) is 4.65. The highest BCUT2D eigenvalue weighted by Gasteiger charge is 2.32. The molecule has 2 aromatic carbocycles. The standard InChI is InChI=1S/C26H33ClN2O5S/c1-2-33-26(30)29-25-11-9-20-8-10-22(34-13-12-28-35(31,32)17-18-6-7-18)16-23(20)24(25)15-19-4-3-5-21(27)14-19/h3-5,8,10,14,16,18,24-25,28H,2,6-7,9,11-13,15,17H2,1H3,(H,29,30). The number of alkyl carbamates (subject to hydrolysis) is 1. The molecule has 0 aliphatic heterocycles. The summed E-state index contributed by atoms with van der Waals surface area (Å²) >= 11 is 6.23. The first-order valence-electron chi connectivity index (χ1n) is 12.2. The maximum Gasteiger partial charge on any atom is 0.407 e. The summed E-state index contributed by atoms with van der Waals surface area (Å²) in [5, 5.41) is 3.72. The van der Waals surface area contributed by atoms with Gasteiger partial charge in [0, 0.05) is 23.5 Å². The molecule has 9 heteroatoms. The van der Waals surface area contributed by atoms with Crippen LogP contribution < -0.4 is 14.8 Å². The Morgan fingerprint density at radius 1 is 1.14 bits per heavy atom. The minimum absolute atomic E-state index is 0.0159. The van der Waals surface area contributed by atoms with Crippen LogP contribution in [0.1, 0.15) is 48.8 Å². The van der Waals surface area contributed by atoms with E-state index in [0.29, 0.717) is 29.7 Å². The average molecular weight is 521 g/mol. The van der Waals surface area contributed by atoms with Gasteiger partial charge in [0.1, 0.15) is 12.4 Å². The summed E-state index contributed by atoms with van der Waals surface area (Å²) in [5.74, 6) is 1.20. The minimum Gasteiger partial charge on any atom is -0.492 e. The summed E-state index contributed by atoms with van der Waals surface area (Å²) < 4.78 is 37.8. The molecule has 2 aliphatic carbocycles. The normalized spacial score (nSPS) is 19.6. The van der Waals surface area contributed by atoms with E-state index in [1.54, 1.807) is 6.92 Å². The number of carbonyl (C=O) groups excluding carboxylic acids is 1. The fourth-order valence-corrected chi connectivity index (χ4v) is 6.33. The minimum atomic E-state index is -3.25. The van der Waals surface area contributed by atoms with Crippen molar-refractivity contribution in [1.82, 2.24) is 10.0 Å². The Labute approximate surface area is 212 Å². The van der Waals surface area contributed by atoms with Gasteiger partial charge in [0.2, 0.25) is 10.0 Å². The molecule has 2 aliphatic rings. The van der Waals surface area contributed by atoms with E-state index in [1.165, 1.54) is 5.56 Å². The summed E-state index contributed by atoms with van der Waals surface area (Å²) in [5.41, 5.74) is 3.42. The van der Waals surface area contributed by atoms with Crippen LogP contribution in [0.25, 0.3) is 0 Å². The average Bonchev–Trinajstić information content (AvgIpc) is 3.62. The molecule has 190 valence electrons. The Balaban J connectivity index is 1.46. The van der Waals surface area contributed by atoms with Crippen molar-refractivity contribution in [2.45, 2.75) is 51.0 Å². The number of ether oxygens (including phenoxy) is 2. The van der Waals surface area contributed by atoms with Crippen LogP contribution in [-0.4, -0.2) is 46.1 Å². The first-order chi connectivity index (χ1) is 16.8. The molecule has 2 aromatic rings. The maximum absolute atomic E-state index is 12.2. The quantitative estimate of drug-likeness (QED) is 0.427. The number of sulfonamides is 1. The summed E-state index contributed by atoms with van der Waals surface area (Å²) in [4.78, 5) is 12.2. The topological polar surface area (TPSA) is 93.7 Å². The first-order valence-corrected chi connectivity index (χ1v) is 14.3. The Morgan fingerprint density at radius 3 is 2.71 bits per heavy atom. The van der Waals surface area contributed by atoms with Crippen molar-refractivity contribution in [3.63, 3.8) is 0 Å². The molecule has 0 spiro atoms. The SMILES string of the molecule is CCOC(=O)NC1CCc2ccc(OCCNS(=O)(=O)CC3CC3)cc2C1Cc1cccc(Cl)c1. The van der Waals surface area contributed by atoms with Crippen molar-refractivity contribution < 1.29 is 22.7 Å². The van der Waals surface area contributed by atoms with E-state index in [1.807, 2.05) is 36.4 Å². The van der Waals surface area contributed by atoms with Crippen LogP contribution in [0.2, 0.25) is 5.02 Å². The van der Waals surface area contributed by atoms with Gasteiger partial charge in [0.25, 0.3) is 0 Å². The van der Waals surface area contributed by atoms with Crippen molar-refractivity contribution in [2.24, 2.45) is 5.92 Å². The third-order valence-electron chi connectivity index (χ3n) is 6.50. The number of amides is 1. The third kappa shape index (κ3) is 7.59. The summed E-state index contributed by atoms with van der Waals surface area (Å²) in [6, 6.07) is 13.7. The van der Waals surface area contributed by atoms with Gasteiger partial charge >= 0.3 is 6.09 Å². The highest BCUT2D eigenvalue weighted by molar-refractivity contribution is 7.89. The molecule has 2 N–H and O–H groups in total. The number of hydrogen-bond donors (Lipinski definition) is 2. The molecule has 2 atom stereocenters. The molecule has 7 nitrogen and oxygen atoms in total. The largest absolute Gasteiger partial charge is 0.492 e.